The molecule has 0 atom stereocenters. The largest absolute Gasteiger partial charge is 0.398 e. The number of nitrogens with zero attached hydrogens (tertiary/aromatic N) is 4. The van der Waals surface area contributed by atoms with Crippen LogP contribution in [0.5, 0.6) is 0 Å². The highest BCUT2D eigenvalue weighted by Crippen LogP contribution is 2.27. The van der Waals surface area contributed by atoms with Gasteiger partial charge in [0.2, 0.25) is 0 Å². The van der Waals surface area contributed by atoms with Crippen LogP contribution in [0.15, 0.2) is 55.1 Å². The Balaban J connectivity index is 1.54. The number of morpholine rings is 1. The van der Waals surface area contributed by atoms with Crippen molar-refractivity contribution in [2.75, 3.05) is 56.3 Å². The van der Waals surface area contributed by atoms with Crippen LogP contribution < -0.4 is 16.0 Å². The first-order chi connectivity index (χ1) is 16.4. The van der Waals surface area contributed by atoms with Gasteiger partial charge in [-0.1, -0.05) is 6.07 Å². The third-order valence-electron chi connectivity index (χ3n) is 5.53. The van der Waals surface area contributed by atoms with Crippen LogP contribution in [0.1, 0.15) is 11.1 Å². The summed E-state index contributed by atoms with van der Waals surface area (Å²) in [6, 6.07) is 9.25. The highest BCUT2D eigenvalue weighted by molar-refractivity contribution is 6.48. The molecule has 1 saturated heterocycles. The zero-order chi connectivity index (χ0) is 24.1. The second-order valence-corrected chi connectivity index (χ2v) is 8.48. The van der Waals surface area contributed by atoms with Gasteiger partial charge in [0.1, 0.15) is 5.71 Å². The lowest BCUT2D eigenvalue weighted by Crippen LogP contribution is -2.36. The minimum atomic E-state index is -0.548. The van der Waals surface area contributed by atoms with E-state index in [2.05, 4.69) is 26.3 Å². The number of ether oxygens (including phenoxy) is 1. The van der Waals surface area contributed by atoms with Crippen molar-refractivity contribution >= 4 is 28.7 Å². The second kappa shape index (κ2) is 10.4. The Morgan fingerprint density at radius 2 is 1.85 bits per heavy atom. The molecule has 176 valence electrons. The molecule has 3 heterocycles. The van der Waals surface area contributed by atoms with E-state index < -0.39 is 5.91 Å². The van der Waals surface area contributed by atoms with Gasteiger partial charge in [0, 0.05) is 48.8 Å². The van der Waals surface area contributed by atoms with Crippen LogP contribution in [0.25, 0.3) is 11.1 Å². The van der Waals surface area contributed by atoms with Crippen molar-refractivity contribution in [3.63, 3.8) is 0 Å². The van der Waals surface area contributed by atoms with Crippen LogP contribution in [-0.4, -0.2) is 66.9 Å². The average molecular weight is 460 g/mol. The number of hydrogen-bond acceptors (Lipinski definition) is 8. The summed E-state index contributed by atoms with van der Waals surface area (Å²) in [6.07, 6.45) is 6.92. The molecular weight excluding hydrogens is 430 g/mol. The van der Waals surface area contributed by atoms with Crippen LogP contribution in [0.2, 0.25) is 0 Å². The second-order valence-electron chi connectivity index (χ2n) is 8.48. The van der Waals surface area contributed by atoms with Crippen molar-refractivity contribution < 1.29 is 9.53 Å². The smallest absolute Gasteiger partial charge is 0.274 e. The van der Waals surface area contributed by atoms with E-state index in [-0.39, 0.29) is 5.71 Å². The summed E-state index contributed by atoms with van der Waals surface area (Å²) in [4.78, 5) is 25.7. The molecule has 0 saturated carbocycles. The molecule has 34 heavy (non-hydrogen) atoms. The van der Waals surface area contributed by atoms with Gasteiger partial charge in [-0.15, -0.1) is 0 Å². The predicted molar refractivity (Wildman–Crippen MR) is 134 cm³/mol. The molecule has 9 heteroatoms. The zero-order valence-corrected chi connectivity index (χ0v) is 19.4. The molecule has 3 aromatic rings. The van der Waals surface area contributed by atoms with Crippen molar-refractivity contribution in [2.24, 2.45) is 0 Å². The lowest BCUT2D eigenvalue weighted by atomic mass is 9.99. The van der Waals surface area contributed by atoms with Gasteiger partial charge in [0.05, 0.1) is 37.0 Å². The van der Waals surface area contributed by atoms with Gasteiger partial charge < -0.3 is 25.6 Å². The SMILES string of the molecule is CN(C)Cc1cncc(NC(=O)C(=N)c2cc(-c3cncc(N4CCOCC4)c3)ccc2N)c1. The molecule has 4 N–H and O–H groups in total. The summed E-state index contributed by atoms with van der Waals surface area (Å²) < 4.78 is 5.44. The normalized spacial score (nSPS) is 13.7. The maximum absolute atomic E-state index is 12.8. The zero-order valence-electron chi connectivity index (χ0n) is 19.4. The number of aromatic nitrogens is 2. The minimum absolute atomic E-state index is 0.213. The van der Waals surface area contributed by atoms with E-state index in [4.69, 9.17) is 15.9 Å². The van der Waals surface area contributed by atoms with Gasteiger partial charge in [-0.3, -0.25) is 20.2 Å². The van der Waals surface area contributed by atoms with Gasteiger partial charge >= 0.3 is 0 Å². The number of carbonyl (C=O) groups is 1. The molecule has 1 aromatic carbocycles. The van der Waals surface area contributed by atoms with Gasteiger partial charge in [-0.2, -0.15) is 0 Å². The van der Waals surface area contributed by atoms with Gasteiger partial charge in [-0.25, -0.2) is 0 Å². The lowest BCUT2D eigenvalue weighted by molar-refractivity contribution is -0.110. The topological polar surface area (TPSA) is 120 Å². The monoisotopic (exact) mass is 459 g/mol. The fraction of sp³-hybridized carbons (Fsp3) is 0.280. The highest BCUT2D eigenvalue weighted by atomic mass is 16.5. The molecule has 9 nitrogen and oxygen atoms in total. The van der Waals surface area contributed by atoms with Crippen LogP contribution >= 0.6 is 0 Å². The van der Waals surface area contributed by atoms with Gasteiger partial charge in [-0.05, 0) is 49.5 Å². The van der Waals surface area contributed by atoms with E-state index in [1.807, 2.05) is 37.3 Å². The van der Waals surface area contributed by atoms with Gasteiger partial charge in [0.15, 0.2) is 0 Å². The molecule has 1 aliphatic heterocycles. The molecule has 0 spiro atoms. The number of hydrogen-bond donors (Lipinski definition) is 3. The predicted octanol–water partition coefficient (Wildman–Crippen LogP) is 2.63. The molecule has 0 radical (unpaired) electrons. The van der Waals surface area contributed by atoms with E-state index >= 15 is 0 Å². The van der Waals surface area contributed by atoms with E-state index in [0.717, 1.165) is 35.5 Å². The highest BCUT2D eigenvalue weighted by Gasteiger charge is 2.17. The molecule has 4 rings (SSSR count). The first-order valence-corrected chi connectivity index (χ1v) is 11.1. The summed E-state index contributed by atoms with van der Waals surface area (Å²) >= 11 is 0. The Morgan fingerprint density at radius 1 is 1.09 bits per heavy atom. The number of nitrogens with two attached hydrogens (primary N) is 1. The minimum Gasteiger partial charge on any atom is -0.398 e. The van der Waals surface area contributed by atoms with Crippen molar-refractivity contribution in [1.29, 1.82) is 5.41 Å². The van der Waals surface area contributed by atoms with E-state index in [0.29, 0.717) is 36.7 Å². The average Bonchev–Trinajstić information content (AvgIpc) is 2.84. The Morgan fingerprint density at radius 3 is 2.62 bits per heavy atom. The molecule has 1 aliphatic rings. The maximum Gasteiger partial charge on any atom is 0.274 e. The summed E-state index contributed by atoms with van der Waals surface area (Å²) in [5.74, 6) is -0.548. The van der Waals surface area contributed by atoms with Crippen LogP contribution in [-0.2, 0) is 16.1 Å². The summed E-state index contributed by atoms with van der Waals surface area (Å²) in [6.45, 7) is 3.70. The van der Waals surface area contributed by atoms with E-state index in [1.165, 1.54) is 0 Å². The number of nitrogen functional groups attached to an aromatic ring is 1. The molecule has 1 amide bonds. The quantitative estimate of drug-likeness (QED) is 0.367. The fourth-order valence-corrected chi connectivity index (χ4v) is 3.86. The third-order valence-corrected chi connectivity index (χ3v) is 5.53. The molecule has 2 aromatic heterocycles. The number of benzene rings is 1. The molecular formula is C25H29N7O2. The maximum atomic E-state index is 12.8. The van der Waals surface area contributed by atoms with Crippen molar-refractivity contribution in [3.8, 4) is 11.1 Å². The Bertz CT molecular complexity index is 1190. The standard InChI is InChI=1S/C25H29N7O2/c1-31(2)16-17-9-20(14-28-12-17)30-25(33)24(27)22-11-18(3-4-23(22)26)19-10-21(15-29-13-19)32-5-7-34-8-6-32/h3-4,9-15,27H,5-8,16,26H2,1-2H3,(H,30,33). The number of amides is 1. The third kappa shape index (κ3) is 5.56. The van der Waals surface area contributed by atoms with Crippen molar-refractivity contribution in [3.05, 3.63) is 66.2 Å². The first kappa shape index (κ1) is 23.3. The summed E-state index contributed by atoms with van der Waals surface area (Å²) in [7, 11) is 3.92. The number of anilines is 3. The van der Waals surface area contributed by atoms with Crippen LogP contribution in [0.4, 0.5) is 17.1 Å². The Kier molecular flexibility index (Phi) is 7.15. The molecule has 0 bridgehead atoms. The van der Waals surface area contributed by atoms with Crippen molar-refractivity contribution in [2.45, 2.75) is 6.54 Å². The van der Waals surface area contributed by atoms with Gasteiger partial charge in [0.25, 0.3) is 5.91 Å². The first-order valence-electron chi connectivity index (χ1n) is 11.1. The number of carbonyl (C=O) groups excluding carboxylic acids is 1. The van der Waals surface area contributed by atoms with E-state index in [1.54, 1.807) is 30.7 Å². The molecule has 0 unspecified atom stereocenters. The number of nitrogens with one attached hydrogen (secondary N) is 2. The lowest BCUT2D eigenvalue weighted by Gasteiger charge is -2.28. The number of pyridine rings is 2. The summed E-state index contributed by atoms with van der Waals surface area (Å²) in [5, 5.41) is 11.3. The summed E-state index contributed by atoms with van der Waals surface area (Å²) in [5.41, 5.74) is 10.9. The van der Waals surface area contributed by atoms with E-state index in [9.17, 15) is 4.79 Å². The molecule has 0 aliphatic carbocycles. The van der Waals surface area contributed by atoms with Crippen molar-refractivity contribution in [1.82, 2.24) is 14.9 Å². The van der Waals surface area contributed by atoms with Crippen LogP contribution in [0, 0.1) is 5.41 Å². The molecule has 1 fully saturated rings. The number of rotatable bonds is 7. The Hall–Kier alpha value is -3.82. The van der Waals surface area contributed by atoms with Crippen LogP contribution in [0.3, 0.4) is 0 Å². The Labute approximate surface area is 199 Å². The fourth-order valence-electron chi connectivity index (χ4n) is 3.86.